The molecule has 1 aromatic carbocycles. The van der Waals surface area contributed by atoms with Crippen molar-refractivity contribution in [2.24, 2.45) is 0 Å². The van der Waals surface area contributed by atoms with Gasteiger partial charge in [0.25, 0.3) is 0 Å². The van der Waals surface area contributed by atoms with Crippen molar-refractivity contribution in [3.05, 3.63) is 48.6 Å². The normalized spacial score (nSPS) is 12.4. The zero-order valence-corrected chi connectivity index (χ0v) is 8.37. The summed E-state index contributed by atoms with van der Waals surface area (Å²) in [5, 5.41) is 0. The van der Waals surface area contributed by atoms with Crippen LogP contribution in [0.15, 0.2) is 43.0 Å². The standard InChI is InChI=1S/C13H18/c1-3-5-9-12(4-2)13-10-7-6-8-11-13/h4,6-8,10-12H,2-3,5,9H2,1H3. The van der Waals surface area contributed by atoms with Gasteiger partial charge in [0.05, 0.1) is 0 Å². The minimum atomic E-state index is 0.543. The van der Waals surface area contributed by atoms with Crippen LogP contribution >= 0.6 is 0 Å². The monoisotopic (exact) mass is 174 g/mol. The molecule has 0 N–H and O–H groups in total. The third-order valence-electron chi connectivity index (χ3n) is 2.38. The predicted molar refractivity (Wildman–Crippen MR) is 58.9 cm³/mol. The smallest absolute Gasteiger partial charge is 0.00152 e. The zero-order chi connectivity index (χ0) is 9.52. The molecular formula is C13H18. The van der Waals surface area contributed by atoms with Crippen molar-refractivity contribution in [3.8, 4) is 0 Å². The van der Waals surface area contributed by atoms with Crippen LogP contribution < -0.4 is 0 Å². The van der Waals surface area contributed by atoms with Crippen molar-refractivity contribution in [1.29, 1.82) is 0 Å². The lowest BCUT2D eigenvalue weighted by atomic mass is 9.94. The Morgan fingerprint density at radius 3 is 2.54 bits per heavy atom. The van der Waals surface area contributed by atoms with Crippen LogP contribution in [0.25, 0.3) is 0 Å². The molecule has 1 aromatic rings. The van der Waals surface area contributed by atoms with E-state index in [4.69, 9.17) is 0 Å². The summed E-state index contributed by atoms with van der Waals surface area (Å²) in [6, 6.07) is 10.6. The summed E-state index contributed by atoms with van der Waals surface area (Å²) in [6.07, 6.45) is 5.83. The highest BCUT2D eigenvalue weighted by atomic mass is 14.1. The fourth-order valence-corrected chi connectivity index (χ4v) is 1.54. The maximum absolute atomic E-state index is 3.89. The molecule has 1 rings (SSSR count). The first-order chi connectivity index (χ1) is 6.38. The Bertz CT molecular complexity index is 235. The van der Waals surface area contributed by atoms with Crippen LogP contribution in [0.4, 0.5) is 0 Å². The van der Waals surface area contributed by atoms with Gasteiger partial charge >= 0.3 is 0 Å². The first-order valence-corrected chi connectivity index (χ1v) is 5.06. The molecular weight excluding hydrogens is 156 g/mol. The van der Waals surface area contributed by atoms with E-state index < -0.39 is 0 Å². The lowest BCUT2D eigenvalue weighted by Gasteiger charge is -2.11. The van der Waals surface area contributed by atoms with E-state index >= 15 is 0 Å². The Labute approximate surface area is 81.3 Å². The van der Waals surface area contributed by atoms with Gasteiger partial charge in [-0.15, -0.1) is 6.58 Å². The van der Waals surface area contributed by atoms with E-state index in [-0.39, 0.29) is 0 Å². The van der Waals surface area contributed by atoms with Crippen LogP contribution in [0.5, 0.6) is 0 Å². The molecule has 0 spiro atoms. The van der Waals surface area contributed by atoms with Gasteiger partial charge < -0.3 is 0 Å². The minimum absolute atomic E-state index is 0.543. The van der Waals surface area contributed by atoms with E-state index in [2.05, 4.69) is 49.9 Å². The highest BCUT2D eigenvalue weighted by Crippen LogP contribution is 2.22. The lowest BCUT2D eigenvalue weighted by molar-refractivity contribution is 0.664. The van der Waals surface area contributed by atoms with Gasteiger partial charge in [-0.25, -0.2) is 0 Å². The summed E-state index contributed by atoms with van der Waals surface area (Å²) in [4.78, 5) is 0. The summed E-state index contributed by atoms with van der Waals surface area (Å²) in [6.45, 7) is 6.12. The number of benzene rings is 1. The molecule has 0 aliphatic rings. The molecule has 0 radical (unpaired) electrons. The Hall–Kier alpha value is -1.04. The SMILES string of the molecule is C=CC(CCCC)c1ccccc1. The Morgan fingerprint density at radius 2 is 2.00 bits per heavy atom. The summed E-state index contributed by atoms with van der Waals surface area (Å²) in [5.74, 6) is 0.543. The number of unbranched alkanes of at least 4 members (excludes halogenated alkanes) is 1. The summed E-state index contributed by atoms with van der Waals surface area (Å²) in [5.41, 5.74) is 1.39. The Balaban J connectivity index is 2.61. The van der Waals surface area contributed by atoms with Crippen LogP contribution in [-0.4, -0.2) is 0 Å². The summed E-state index contributed by atoms with van der Waals surface area (Å²) < 4.78 is 0. The molecule has 0 heteroatoms. The molecule has 70 valence electrons. The van der Waals surface area contributed by atoms with Crippen molar-refractivity contribution in [2.75, 3.05) is 0 Å². The summed E-state index contributed by atoms with van der Waals surface area (Å²) >= 11 is 0. The van der Waals surface area contributed by atoms with Crippen molar-refractivity contribution >= 4 is 0 Å². The van der Waals surface area contributed by atoms with Gasteiger partial charge in [0.1, 0.15) is 0 Å². The third kappa shape index (κ3) is 3.06. The largest absolute Gasteiger partial charge is 0.102 e. The minimum Gasteiger partial charge on any atom is -0.102 e. The second-order valence-electron chi connectivity index (χ2n) is 3.40. The van der Waals surface area contributed by atoms with Crippen molar-refractivity contribution in [2.45, 2.75) is 32.1 Å². The van der Waals surface area contributed by atoms with Crippen LogP contribution in [0.1, 0.15) is 37.7 Å². The average molecular weight is 174 g/mol. The second-order valence-corrected chi connectivity index (χ2v) is 3.40. The van der Waals surface area contributed by atoms with Gasteiger partial charge in [-0.05, 0) is 12.0 Å². The molecule has 0 aliphatic carbocycles. The number of rotatable bonds is 5. The number of allylic oxidation sites excluding steroid dienone is 1. The van der Waals surface area contributed by atoms with Gasteiger partial charge in [0, 0.05) is 5.92 Å². The molecule has 0 saturated heterocycles. The highest BCUT2D eigenvalue weighted by Gasteiger charge is 2.04. The van der Waals surface area contributed by atoms with Gasteiger partial charge in [-0.2, -0.15) is 0 Å². The van der Waals surface area contributed by atoms with Crippen LogP contribution in [0.2, 0.25) is 0 Å². The second kappa shape index (κ2) is 5.58. The molecule has 13 heavy (non-hydrogen) atoms. The molecule has 0 aliphatic heterocycles. The molecule has 0 heterocycles. The highest BCUT2D eigenvalue weighted by molar-refractivity contribution is 5.22. The van der Waals surface area contributed by atoms with E-state index in [1.54, 1.807) is 0 Å². The molecule has 1 unspecified atom stereocenters. The molecule has 0 saturated carbocycles. The summed E-state index contributed by atoms with van der Waals surface area (Å²) in [7, 11) is 0. The van der Waals surface area contributed by atoms with Crippen molar-refractivity contribution in [3.63, 3.8) is 0 Å². The van der Waals surface area contributed by atoms with Gasteiger partial charge in [0.2, 0.25) is 0 Å². The quantitative estimate of drug-likeness (QED) is 0.588. The maximum atomic E-state index is 3.89. The van der Waals surface area contributed by atoms with E-state index in [1.165, 1.54) is 24.8 Å². The Morgan fingerprint density at radius 1 is 1.31 bits per heavy atom. The first-order valence-electron chi connectivity index (χ1n) is 5.06. The average Bonchev–Trinajstić information content (AvgIpc) is 2.21. The van der Waals surface area contributed by atoms with E-state index in [0.717, 1.165) is 0 Å². The topological polar surface area (TPSA) is 0 Å². The number of hydrogen-bond acceptors (Lipinski definition) is 0. The van der Waals surface area contributed by atoms with Crippen molar-refractivity contribution < 1.29 is 0 Å². The van der Waals surface area contributed by atoms with E-state index in [9.17, 15) is 0 Å². The van der Waals surface area contributed by atoms with E-state index in [0.29, 0.717) is 5.92 Å². The van der Waals surface area contributed by atoms with Gasteiger partial charge in [-0.3, -0.25) is 0 Å². The van der Waals surface area contributed by atoms with Crippen LogP contribution in [-0.2, 0) is 0 Å². The van der Waals surface area contributed by atoms with E-state index in [1.807, 2.05) is 0 Å². The molecule has 0 nitrogen and oxygen atoms in total. The van der Waals surface area contributed by atoms with Crippen LogP contribution in [0.3, 0.4) is 0 Å². The predicted octanol–water partition coefficient (Wildman–Crippen LogP) is 4.15. The maximum Gasteiger partial charge on any atom is 0.00152 e. The molecule has 1 atom stereocenters. The van der Waals surface area contributed by atoms with Crippen LogP contribution in [0, 0.1) is 0 Å². The Kier molecular flexibility index (Phi) is 4.31. The number of hydrogen-bond donors (Lipinski definition) is 0. The lowest BCUT2D eigenvalue weighted by Crippen LogP contribution is -1.93. The fraction of sp³-hybridized carbons (Fsp3) is 0.385. The molecule has 0 bridgehead atoms. The molecule has 0 amide bonds. The first kappa shape index (κ1) is 10.0. The zero-order valence-electron chi connectivity index (χ0n) is 8.37. The fourth-order valence-electron chi connectivity index (χ4n) is 1.54. The third-order valence-corrected chi connectivity index (χ3v) is 2.38. The van der Waals surface area contributed by atoms with Gasteiger partial charge in [0.15, 0.2) is 0 Å². The molecule has 0 aromatic heterocycles. The van der Waals surface area contributed by atoms with Gasteiger partial charge in [-0.1, -0.05) is 56.2 Å². The van der Waals surface area contributed by atoms with Crippen molar-refractivity contribution in [1.82, 2.24) is 0 Å². The molecule has 0 fully saturated rings.